The van der Waals surface area contributed by atoms with Crippen LogP contribution in [0.25, 0.3) is 0 Å². The molecule has 0 aromatic heterocycles. The highest BCUT2D eigenvalue weighted by Gasteiger charge is 2.71. The fourth-order valence-corrected chi connectivity index (χ4v) is 2.77. The predicted octanol–water partition coefficient (Wildman–Crippen LogP) is 2.67. The Morgan fingerprint density at radius 1 is 1.38 bits per heavy atom. The van der Waals surface area contributed by atoms with Gasteiger partial charge in [0.1, 0.15) is 5.78 Å². The molecule has 0 spiro atoms. The largest absolute Gasteiger partial charge is 0.299 e. The molecule has 0 aliphatic heterocycles. The van der Waals surface area contributed by atoms with Gasteiger partial charge < -0.3 is 0 Å². The van der Waals surface area contributed by atoms with E-state index in [-0.39, 0.29) is 23.5 Å². The van der Waals surface area contributed by atoms with Crippen LogP contribution in [-0.4, -0.2) is 16.1 Å². The van der Waals surface area contributed by atoms with Crippen LogP contribution in [0.15, 0.2) is 0 Å². The summed E-state index contributed by atoms with van der Waals surface area (Å²) in [5.41, 5.74) is 0. The van der Waals surface area contributed by atoms with E-state index >= 15 is 0 Å². The molecule has 2 saturated carbocycles. The van der Waals surface area contributed by atoms with E-state index in [1.807, 2.05) is 22.6 Å². The van der Waals surface area contributed by atoms with E-state index in [2.05, 4.69) is 0 Å². The van der Waals surface area contributed by atoms with Gasteiger partial charge in [0.25, 0.3) is 5.92 Å². The Morgan fingerprint density at radius 2 is 1.92 bits per heavy atom. The minimum absolute atomic E-state index is 0.204. The number of alkyl halides is 3. The van der Waals surface area contributed by atoms with Gasteiger partial charge in [-0.25, -0.2) is 8.78 Å². The maximum Gasteiger partial charge on any atom is 0.254 e. The molecular weight excluding hydrogens is 289 g/mol. The van der Waals surface area contributed by atoms with Gasteiger partial charge in [-0.05, 0) is 18.8 Å². The van der Waals surface area contributed by atoms with Crippen LogP contribution in [-0.2, 0) is 4.79 Å². The van der Waals surface area contributed by atoms with Gasteiger partial charge in [-0.15, -0.1) is 0 Å². The zero-order chi connectivity index (χ0) is 9.64. The van der Waals surface area contributed by atoms with Crippen molar-refractivity contribution in [2.45, 2.75) is 25.2 Å². The molecule has 2 aliphatic rings. The molecule has 0 bridgehead atoms. The van der Waals surface area contributed by atoms with Crippen LogP contribution in [0.5, 0.6) is 0 Å². The van der Waals surface area contributed by atoms with Crippen LogP contribution in [0.1, 0.15) is 19.3 Å². The van der Waals surface area contributed by atoms with Crippen molar-refractivity contribution in [1.82, 2.24) is 0 Å². The molecule has 1 nitrogen and oxygen atoms in total. The summed E-state index contributed by atoms with van der Waals surface area (Å²) in [6.07, 6.45) is 1.66. The maximum absolute atomic E-state index is 12.7. The molecule has 1 unspecified atom stereocenters. The molecule has 0 heterocycles. The summed E-state index contributed by atoms with van der Waals surface area (Å²) in [4.78, 5) is 11.1. The fourth-order valence-electron chi connectivity index (χ4n) is 2.46. The van der Waals surface area contributed by atoms with Crippen LogP contribution < -0.4 is 0 Å². The Balaban J connectivity index is 1.81. The molecular formula is C9H11F2IO. The fraction of sp³-hybridized carbons (Fsp3) is 0.889. The van der Waals surface area contributed by atoms with Crippen LogP contribution in [0, 0.1) is 17.8 Å². The summed E-state index contributed by atoms with van der Waals surface area (Å²) < 4.78 is 26.0. The Labute approximate surface area is 89.4 Å². The summed E-state index contributed by atoms with van der Waals surface area (Å²) in [5.74, 6) is -2.71. The summed E-state index contributed by atoms with van der Waals surface area (Å²) in [6, 6.07) is 0. The lowest BCUT2D eigenvalue weighted by Gasteiger charge is -2.11. The van der Waals surface area contributed by atoms with Gasteiger partial charge >= 0.3 is 0 Å². The zero-order valence-electron chi connectivity index (χ0n) is 7.10. The normalized spacial score (nSPS) is 40.1. The Bertz CT molecular complexity index is 228. The van der Waals surface area contributed by atoms with Crippen molar-refractivity contribution in [3.8, 4) is 0 Å². The molecule has 2 rings (SSSR count). The lowest BCUT2D eigenvalue weighted by Crippen LogP contribution is -2.12. The first-order valence-electron chi connectivity index (χ1n) is 4.51. The van der Waals surface area contributed by atoms with Crippen molar-refractivity contribution >= 4 is 28.4 Å². The zero-order valence-corrected chi connectivity index (χ0v) is 9.26. The van der Waals surface area contributed by atoms with Gasteiger partial charge in [-0.1, -0.05) is 22.6 Å². The van der Waals surface area contributed by atoms with E-state index in [1.54, 1.807) is 0 Å². The number of fused-ring (bicyclic) bond motifs is 1. The Morgan fingerprint density at radius 3 is 2.38 bits per heavy atom. The third kappa shape index (κ3) is 1.62. The van der Waals surface area contributed by atoms with E-state index in [0.717, 1.165) is 0 Å². The van der Waals surface area contributed by atoms with E-state index in [0.29, 0.717) is 23.7 Å². The van der Waals surface area contributed by atoms with E-state index in [4.69, 9.17) is 0 Å². The van der Waals surface area contributed by atoms with Gasteiger partial charge in [-0.3, -0.25) is 4.79 Å². The summed E-state index contributed by atoms with van der Waals surface area (Å²) in [6.45, 7) is 0. The SMILES string of the molecule is O=C(CI)CC1C[C@@H]2[C@H](C1)C2(F)F. The monoisotopic (exact) mass is 300 g/mol. The van der Waals surface area contributed by atoms with Gasteiger partial charge in [0.05, 0.1) is 4.43 Å². The van der Waals surface area contributed by atoms with Crippen molar-refractivity contribution in [2.75, 3.05) is 4.43 Å². The van der Waals surface area contributed by atoms with E-state index in [1.165, 1.54) is 0 Å². The molecule has 0 saturated heterocycles. The quantitative estimate of drug-likeness (QED) is 0.578. The average molecular weight is 300 g/mol. The lowest BCUT2D eigenvalue weighted by atomic mass is 9.97. The minimum Gasteiger partial charge on any atom is -0.299 e. The molecule has 2 aliphatic carbocycles. The molecule has 0 aromatic carbocycles. The molecule has 0 amide bonds. The highest BCUT2D eigenvalue weighted by molar-refractivity contribution is 14.1. The second-order valence-corrected chi connectivity index (χ2v) is 4.86. The van der Waals surface area contributed by atoms with Gasteiger partial charge in [0, 0.05) is 18.3 Å². The van der Waals surface area contributed by atoms with Crippen molar-refractivity contribution < 1.29 is 13.6 Å². The second kappa shape index (κ2) is 3.14. The van der Waals surface area contributed by atoms with Crippen LogP contribution in [0.2, 0.25) is 0 Å². The highest BCUT2D eigenvalue weighted by Crippen LogP contribution is 2.66. The number of carbonyl (C=O) groups is 1. The molecule has 3 atom stereocenters. The standard InChI is InChI=1S/C9H11F2IO/c10-9(11)7-2-5(3-8(7)9)1-6(13)4-12/h5,7-8H,1-4H2/t5?,7-,8+. The average Bonchev–Trinajstić information content (AvgIpc) is 2.54. The number of ketones is 1. The van der Waals surface area contributed by atoms with Crippen molar-refractivity contribution in [3.05, 3.63) is 0 Å². The van der Waals surface area contributed by atoms with Crippen LogP contribution >= 0.6 is 22.6 Å². The van der Waals surface area contributed by atoms with Gasteiger partial charge in [0.15, 0.2) is 0 Å². The predicted molar refractivity (Wildman–Crippen MR) is 53.2 cm³/mol. The first-order chi connectivity index (χ1) is 6.05. The molecule has 2 fully saturated rings. The molecule has 0 aromatic rings. The first kappa shape index (κ1) is 9.80. The molecule has 0 N–H and O–H groups in total. The number of halogens is 3. The van der Waals surface area contributed by atoms with Crippen molar-refractivity contribution in [2.24, 2.45) is 17.8 Å². The van der Waals surface area contributed by atoms with Gasteiger partial charge in [0.2, 0.25) is 0 Å². The molecule has 4 heteroatoms. The number of carbonyl (C=O) groups excluding carboxylic acids is 1. The summed E-state index contributed by atoms with van der Waals surface area (Å²) >= 11 is 2.03. The molecule has 0 radical (unpaired) electrons. The summed E-state index contributed by atoms with van der Waals surface area (Å²) in [5, 5.41) is 0. The third-order valence-corrected chi connectivity index (χ3v) is 4.06. The minimum atomic E-state index is -2.39. The topological polar surface area (TPSA) is 17.1 Å². The highest BCUT2D eigenvalue weighted by atomic mass is 127. The van der Waals surface area contributed by atoms with Crippen LogP contribution in [0.3, 0.4) is 0 Å². The smallest absolute Gasteiger partial charge is 0.254 e. The number of hydrogen-bond donors (Lipinski definition) is 0. The Kier molecular flexibility index (Phi) is 2.37. The first-order valence-corrected chi connectivity index (χ1v) is 6.03. The molecule has 13 heavy (non-hydrogen) atoms. The van der Waals surface area contributed by atoms with Crippen molar-refractivity contribution in [3.63, 3.8) is 0 Å². The van der Waals surface area contributed by atoms with Crippen LogP contribution in [0.4, 0.5) is 8.78 Å². The molecule has 74 valence electrons. The van der Waals surface area contributed by atoms with Gasteiger partial charge in [-0.2, -0.15) is 0 Å². The number of hydrogen-bond acceptors (Lipinski definition) is 1. The van der Waals surface area contributed by atoms with E-state index < -0.39 is 5.92 Å². The maximum atomic E-state index is 12.7. The third-order valence-electron chi connectivity index (χ3n) is 3.21. The lowest BCUT2D eigenvalue weighted by molar-refractivity contribution is -0.117. The Hall–Kier alpha value is 0.260. The van der Waals surface area contributed by atoms with E-state index in [9.17, 15) is 13.6 Å². The number of Topliss-reactive ketones (excluding diaryl/α,β-unsaturated/α-hetero) is 1. The second-order valence-electron chi connectivity index (χ2n) is 4.10. The number of rotatable bonds is 3. The van der Waals surface area contributed by atoms with Crippen molar-refractivity contribution in [1.29, 1.82) is 0 Å². The summed E-state index contributed by atoms with van der Waals surface area (Å²) in [7, 11) is 0.